The Morgan fingerprint density at radius 1 is 1.13 bits per heavy atom. The maximum atomic E-state index is 12.5. The van der Waals surface area contributed by atoms with Crippen LogP contribution in [-0.4, -0.2) is 41.1 Å². The van der Waals surface area contributed by atoms with E-state index in [4.69, 9.17) is 9.47 Å². The smallest absolute Gasteiger partial charge is 0.278 e. The van der Waals surface area contributed by atoms with Crippen LogP contribution in [0.4, 0.5) is 0 Å². The van der Waals surface area contributed by atoms with E-state index < -0.39 is 36.4 Å². The zero-order valence-corrected chi connectivity index (χ0v) is 16.3. The number of fused-ring (bicyclic) bond motifs is 1. The van der Waals surface area contributed by atoms with Crippen molar-refractivity contribution in [2.45, 2.75) is 19.0 Å². The highest BCUT2D eigenvalue weighted by Gasteiger charge is 2.18. The number of ether oxygens (including phenoxy) is 2. The molecule has 1 heterocycles. The number of benzene rings is 2. The number of nitrogens with zero attached hydrogens (tertiary/aromatic N) is 3. The lowest BCUT2D eigenvalue weighted by molar-refractivity contribution is -0.306. The third kappa shape index (κ3) is 4.54. The third-order valence-electron chi connectivity index (χ3n) is 4.44. The number of hydrogen-bond donors (Lipinski definition) is 1. The van der Waals surface area contributed by atoms with E-state index in [2.05, 4.69) is 15.6 Å². The first-order valence-electron chi connectivity index (χ1n) is 8.96. The minimum Gasteiger partial charge on any atom is -0.550 e. The van der Waals surface area contributed by atoms with Gasteiger partial charge in [0.15, 0.2) is 11.5 Å². The molecule has 2 aromatic carbocycles. The Morgan fingerprint density at radius 2 is 1.87 bits per heavy atom. The molecule has 10 nitrogen and oxygen atoms in total. The number of methoxy groups -OCH3 is 2. The summed E-state index contributed by atoms with van der Waals surface area (Å²) < 4.78 is 11.3. The monoisotopic (exact) mass is 411 g/mol. The molecule has 1 atom stereocenters. The minimum absolute atomic E-state index is 0.325. The summed E-state index contributed by atoms with van der Waals surface area (Å²) in [5, 5.41) is 21.8. The number of amides is 1. The normalized spacial score (nSPS) is 11.7. The van der Waals surface area contributed by atoms with Gasteiger partial charge in [0, 0.05) is 12.4 Å². The number of carbonyl (C=O) groups is 2. The second kappa shape index (κ2) is 9.03. The summed E-state index contributed by atoms with van der Waals surface area (Å²) in [6.07, 6.45) is -0.473. The van der Waals surface area contributed by atoms with Crippen LogP contribution >= 0.6 is 0 Å². The van der Waals surface area contributed by atoms with Crippen LogP contribution in [0.3, 0.4) is 0 Å². The molecule has 156 valence electrons. The molecule has 0 bridgehead atoms. The van der Waals surface area contributed by atoms with Gasteiger partial charge in [-0.2, -0.15) is 0 Å². The van der Waals surface area contributed by atoms with Crippen molar-refractivity contribution in [1.29, 1.82) is 0 Å². The van der Waals surface area contributed by atoms with Crippen LogP contribution < -0.4 is 25.5 Å². The van der Waals surface area contributed by atoms with Crippen LogP contribution in [0.5, 0.6) is 11.5 Å². The molecule has 0 aliphatic carbocycles. The minimum atomic E-state index is -1.35. The standard InChI is InChI=1S/C20H20N4O6/c1-29-16-8-7-12(9-17(16)30-2)15(10-19(26)27)21-18(25)11-24-20(28)13-5-3-4-6-14(13)22-23-24/h3-9,15H,10-11H2,1-2H3,(H,21,25)(H,26,27)/p-1/t15-/m0/s1. The molecule has 0 saturated heterocycles. The molecule has 1 amide bonds. The van der Waals surface area contributed by atoms with Gasteiger partial charge < -0.3 is 24.7 Å². The first-order chi connectivity index (χ1) is 14.4. The molecule has 10 heteroatoms. The van der Waals surface area contributed by atoms with E-state index in [9.17, 15) is 19.5 Å². The van der Waals surface area contributed by atoms with E-state index >= 15 is 0 Å². The Bertz CT molecular complexity index is 1140. The summed E-state index contributed by atoms with van der Waals surface area (Å²) >= 11 is 0. The second-order valence-electron chi connectivity index (χ2n) is 6.38. The van der Waals surface area contributed by atoms with Crippen LogP contribution in [-0.2, 0) is 16.1 Å². The van der Waals surface area contributed by atoms with Crippen molar-refractivity contribution < 1.29 is 24.2 Å². The lowest BCUT2D eigenvalue weighted by atomic mass is 10.0. The number of aromatic nitrogens is 3. The molecule has 0 unspecified atom stereocenters. The summed E-state index contributed by atoms with van der Waals surface area (Å²) in [5.41, 5.74) is 0.416. The van der Waals surface area contributed by atoms with Crippen LogP contribution in [0, 0.1) is 0 Å². The third-order valence-corrected chi connectivity index (χ3v) is 4.44. The van der Waals surface area contributed by atoms with E-state index in [1.54, 1.807) is 42.5 Å². The van der Waals surface area contributed by atoms with Crippen LogP contribution in [0.2, 0.25) is 0 Å². The highest BCUT2D eigenvalue weighted by Crippen LogP contribution is 2.30. The molecule has 1 aromatic heterocycles. The number of nitrogens with one attached hydrogen (secondary N) is 1. The molecule has 0 radical (unpaired) electrons. The topological polar surface area (TPSA) is 135 Å². The first kappa shape index (κ1) is 20.8. The molecular formula is C20H19N4O6-. The molecule has 3 aromatic rings. The molecule has 0 spiro atoms. The lowest BCUT2D eigenvalue weighted by Gasteiger charge is -2.21. The maximum absolute atomic E-state index is 12.5. The van der Waals surface area contributed by atoms with E-state index in [0.717, 1.165) is 4.68 Å². The summed E-state index contributed by atoms with van der Waals surface area (Å²) in [6.45, 7) is -0.423. The molecule has 0 aliphatic rings. The van der Waals surface area contributed by atoms with E-state index in [0.29, 0.717) is 28.0 Å². The zero-order chi connectivity index (χ0) is 21.7. The number of rotatable bonds is 8. The predicted octanol–water partition coefficient (Wildman–Crippen LogP) is -0.194. The van der Waals surface area contributed by atoms with Crippen molar-refractivity contribution in [2.75, 3.05) is 14.2 Å². The Morgan fingerprint density at radius 3 is 2.57 bits per heavy atom. The highest BCUT2D eigenvalue weighted by atomic mass is 16.5. The quantitative estimate of drug-likeness (QED) is 0.539. The molecule has 1 N–H and O–H groups in total. The largest absolute Gasteiger partial charge is 0.550 e. The van der Waals surface area contributed by atoms with Crippen molar-refractivity contribution in [3.05, 3.63) is 58.4 Å². The molecular weight excluding hydrogens is 392 g/mol. The molecule has 0 fully saturated rings. The fraction of sp³-hybridized carbons (Fsp3) is 0.250. The predicted molar refractivity (Wildman–Crippen MR) is 104 cm³/mol. The van der Waals surface area contributed by atoms with Gasteiger partial charge in [-0.3, -0.25) is 9.59 Å². The molecule has 0 aliphatic heterocycles. The summed E-state index contributed by atoms with van der Waals surface area (Å²) in [4.78, 5) is 36.2. The second-order valence-corrected chi connectivity index (χ2v) is 6.38. The van der Waals surface area contributed by atoms with Crippen molar-refractivity contribution >= 4 is 22.8 Å². The van der Waals surface area contributed by atoms with Gasteiger partial charge in [0.1, 0.15) is 12.1 Å². The average molecular weight is 411 g/mol. The Kier molecular flexibility index (Phi) is 6.26. The van der Waals surface area contributed by atoms with Gasteiger partial charge >= 0.3 is 0 Å². The number of carboxylic acid groups (broad SMARTS) is 1. The van der Waals surface area contributed by atoms with Gasteiger partial charge in [-0.1, -0.05) is 23.4 Å². The number of aliphatic carboxylic acids is 1. The van der Waals surface area contributed by atoms with E-state index in [1.807, 2.05) is 0 Å². The molecule has 3 rings (SSSR count). The summed E-state index contributed by atoms with van der Waals surface area (Å²) in [6, 6.07) is 10.5. The maximum Gasteiger partial charge on any atom is 0.278 e. The van der Waals surface area contributed by atoms with Crippen molar-refractivity contribution in [3.8, 4) is 11.5 Å². The summed E-state index contributed by atoms with van der Waals surface area (Å²) in [5.74, 6) is -1.12. The lowest BCUT2D eigenvalue weighted by Crippen LogP contribution is -2.38. The SMILES string of the molecule is COc1ccc([C@H](CC(=O)[O-])NC(=O)Cn2nnc3ccccc3c2=O)cc1OC. The van der Waals surface area contributed by atoms with E-state index in [-0.39, 0.29) is 0 Å². The number of carboxylic acids is 1. The van der Waals surface area contributed by atoms with Crippen molar-refractivity contribution in [2.24, 2.45) is 0 Å². The van der Waals surface area contributed by atoms with Crippen LogP contribution in [0.15, 0.2) is 47.3 Å². The van der Waals surface area contributed by atoms with Gasteiger partial charge in [0.25, 0.3) is 5.56 Å². The average Bonchev–Trinajstić information content (AvgIpc) is 2.74. The van der Waals surface area contributed by atoms with Gasteiger partial charge in [0.05, 0.1) is 25.6 Å². The fourth-order valence-corrected chi connectivity index (χ4v) is 2.99. The Balaban J connectivity index is 1.83. The molecule has 0 saturated carbocycles. The molecule has 30 heavy (non-hydrogen) atoms. The van der Waals surface area contributed by atoms with E-state index in [1.165, 1.54) is 14.2 Å². The van der Waals surface area contributed by atoms with Crippen molar-refractivity contribution in [3.63, 3.8) is 0 Å². The van der Waals surface area contributed by atoms with Crippen LogP contribution in [0.1, 0.15) is 18.0 Å². The Labute approximate surface area is 171 Å². The van der Waals surface area contributed by atoms with Gasteiger partial charge in [0.2, 0.25) is 5.91 Å². The number of hydrogen-bond acceptors (Lipinski definition) is 8. The zero-order valence-electron chi connectivity index (χ0n) is 16.3. The van der Waals surface area contributed by atoms with Gasteiger partial charge in [-0.05, 0) is 29.8 Å². The highest BCUT2D eigenvalue weighted by molar-refractivity contribution is 5.79. The Hall–Kier alpha value is -3.95. The summed E-state index contributed by atoms with van der Waals surface area (Å²) in [7, 11) is 2.92. The first-order valence-corrected chi connectivity index (χ1v) is 8.96. The number of carbonyl (C=O) groups excluding carboxylic acids is 2. The van der Waals surface area contributed by atoms with Crippen LogP contribution in [0.25, 0.3) is 10.9 Å². The van der Waals surface area contributed by atoms with Gasteiger partial charge in [-0.15, -0.1) is 5.10 Å². The van der Waals surface area contributed by atoms with Gasteiger partial charge in [-0.25, -0.2) is 4.68 Å². The van der Waals surface area contributed by atoms with Crippen molar-refractivity contribution in [1.82, 2.24) is 20.3 Å². The fourth-order valence-electron chi connectivity index (χ4n) is 2.99.